The van der Waals surface area contributed by atoms with Gasteiger partial charge in [-0.2, -0.15) is 0 Å². The minimum absolute atomic E-state index is 0.656. The number of furan rings is 1. The quantitative estimate of drug-likeness (QED) is 0.157. The van der Waals surface area contributed by atoms with Crippen LogP contribution in [0.15, 0.2) is 223 Å². The first-order valence-corrected chi connectivity index (χ1v) is 21.6. The minimum Gasteiger partial charge on any atom is -0.456 e. The van der Waals surface area contributed by atoms with E-state index in [1.165, 1.54) is 21.8 Å². The van der Waals surface area contributed by atoms with Crippen LogP contribution in [0.25, 0.3) is 127 Å². The molecule has 4 heterocycles. The van der Waals surface area contributed by atoms with Gasteiger partial charge in [-0.05, 0) is 54.1 Å². The zero-order chi connectivity index (χ0) is 42.1. The van der Waals surface area contributed by atoms with Crippen molar-refractivity contribution in [2.75, 3.05) is 0 Å². The molecule has 0 radical (unpaired) electrons. The molecular weight excluding hydrogens is 781 g/mol. The third kappa shape index (κ3) is 5.75. The van der Waals surface area contributed by atoms with Crippen LogP contribution >= 0.6 is 0 Å². The minimum atomic E-state index is 0.656. The Kier molecular flexibility index (Phi) is 8.15. The zero-order valence-corrected chi connectivity index (χ0v) is 34.5. The largest absolute Gasteiger partial charge is 0.456 e. The van der Waals surface area contributed by atoms with Gasteiger partial charge in [-0.1, -0.05) is 170 Å². The number of benzene rings is 9. The summed E-state index contributed by atoms with van der Waals surface area (Å²) in [6, 6.07) is 76.6. The Labute approximate surface area is 368 Å². The van der Waals surface area contributed by atoms with E-state index in [2.05, 4.69) is 205 Å². The van der Waals surface area contributed by atoms with Crippen molar-refractivity contribution >= 4 is 65.4 Å². The number of nitrogens with zero attached hydrogens (tertiary/aromatic N) is 4. The van der Waals surface area contributed by atoms with Gasteiger partial charge in [-0.15, -0.1) is 0 Å². The first kappa shape index (κ1) is 36.0. The second-order valence-corrected chi connectivity index (χ2v) is 16.3. The van der Waals surface area contributed by atoms with Crippen molar-refractivity contribution < 1.29 is 4.42 Å². The summed E-state index contributed by atoms with van der Waals surface area (Å²) in [7, 11) is 0. The lowest BCUT2D eigenvalue weighted by molar-refractivity contribution is 0.669. The van der Waals surface area contributed by atoms with Gasteiger partial charge in [-0.25, -0.2) is 15.0 Å². The monoisotopic (exact) mass is 816 g/mol. The van der Waals surface area contributed by atoms with Gasteiger partial charge in [0.15, 0.2) is 5.82 Å². The summed E-state index contributed by atoms with van der Waals surface area (Å²) >= 11 is 0. The molecule has 13 aromatic rings. The maximum Gasteiger partial charge on any atom is 0.160 e. The Morgan fingerprint density at radius 1 is 0.344 bits per heavy atom. The van der Waals surface area contributed by atoms with Crippen LogP contribution in [0.4, 0.5) is 0 Å². The lowest BCUT2D eigenvalue weighted by Gasteiger charge is -2.16. The fourth-order valence-corrected chi connectivity index (χ4v) is 9.69. The van der Waals surface area contributed by atoms with Crippen LogP contribution < -0.4 is 0 Å². The zero-order valence-electron chi connectivity index (χ0n) is 34.5. The van der Waals surface area contributed by atoms with E-state index in [-0.39, 0.29) is 0 Å². The molecular formula is C59H36N4O. The predicted molar refractivity (Wildman–Crippen MR) is 264 cm³/mol. The van der Waals surface area contributed by atoms with E-state index in [0.29, 0.717) is 5.82 Å². The molecule has 64 heavy (non-hydrogen) atoms. The van der Waals surface area contributed by atoms with E-state index >= 15 is 0 Å². The number of hydrogen-bond donors (Lipinski definition) is 0. The molecule has 0 atom stereocenters. The molecule has 0 N–H and O–H groups in total. The molecule has 0 saturated heterocycles. The van der Waals surface area contributed by atoms with Gasteiger partial charge in [-0.3, -0.25) is 0 Å². The van der Waals surface area contributed by atoms with E-state index in [0.717, 1.165) is 99.8 Å². The lowest BCUT2D eigenvalue weighted by Crippen LogP contribution is -1.98. The van der Waals surface area contributed by atoms with E-state index in [1.807, 2.05) is 18.2 Å². The highest BCUT2D eigenvalue weighted by molar-refractivity contribution is 6.27. The third-order valence-corrected chi connectivity index (χ3v) is 12.6. The van der Waals surface area contributed by atoms with Gasteiger partial charge in [0.1, 0.15) is 11.2 Å². The number of pyridine rings is 1. The molecule has 0 aliphatic carbocycles. The van der Waals surface area contributed by atoms with Crippen LogP contribution in [-0.2, 0) is 0 Å². The molecule has 0 spiro atoms. The Hall–Kier alpha value is -8.67. The molecule has 5 heteroatoms. The highest BCUT2D eigenvalue weighted by atomic mass is 16.3. The lowest BCUT2D eigenvalue weighted by atomic mass is 9.89. The second kappa shape index (κ2) is 14.5. The third-order valence-electron chi connectivity index (χ3n) is 12.6. The molecule has 5 nitrogen and oxygen atoms in total. The summed E-state index contributed by atoms with van der Waals surface area (Å²) in [5, 5.41) is 7.90. The summed E-state index contributed by atoms with van der Waals surface area (Å²) in [5.74, 6) is 0.656. The Bertz CT molecular complexity index is 3890. The summed E-state index contributed by atoms with van der Waals surface area (Å²) in [6.07, 6.45) is 0. The Morgan fingerprint density at radius 2 is 0.922 bits per heavy atom. The number of para-hydroxylation sites is 4. The number of hydrogen-bond acceptors (Lipinski definition) is 4. The van der Waals surface area contributed by atoms with Crippen LogP contribution in [0.2, 0.25) is 0 Å². The SMILES string of the molecule is c1ccc(-c2cc(-c3cccc(-n4c5ccccc5c5ccccc54)c3)nc(-c3ccc(-c4c5c(cc6c(-c7ccccc7)nc7ccccc7c46)oc4ccccc45)cc3)n2)cc1. The van der Waals surface area contributed by atoms with E-state index in [4.69, 9.17) is 19.4 Å². The molecule has 0 aliphatic heterocycles. The van der Waals surface area contributed by atoms with Crippen molar-refractivity contribution in [3.8, 4) is 62.0 Å². The van der Waals surface area contributed by atoms with Gasteiger partial charge in [0.05, 0.1) is 33.6 Å². The molecule has 9 aromatic carbocycles. The first-order valence-electron chi connectivity index (χ1n) is 21.6. The fourth-order valence-electron chi connectivity index (χ4n) is 9.69. The Balaban J connectivity index is 1.00. The molecule has 13 rings (SSSR count). The molecule has 0 amide bonds. The van der Waals surface area contributed by atoms with Gasteiger partial charge < -0.3 is 8.98 Å². The highest BCUT2D eigenvalue weighted by Gasteiger charge is 2.22. The highest BCUT2D eigenvalue weighted by Crippen LogP contribution is 2.46. The van der Waals surface area contributed by atoms with Crippen molar-refractivity contribution in [2.24, 2.45) is 0 Å². The maximum atomic E-state index is 6.65. The smallest absolute Gasteiger partial charge is 0.160 e. The molecule has 0 aliphatic rings. The number of rotatable bonds is 6. The van der Waals surface area contributed by atoms with E-state index in [1.54, 1.807) is 0 Å². The van der Waals surface area contributed by atoms with Crippen molar-refractivity contribution in [1.29, 1.82) is 0 Å². The molecule has 0 unspecified atom stereocenters. The van der Waals surface area contributed by atoms with Crippen LogP contribution in [0, 0.1) is 0 Å². The van der Waals surface area contributed by atoms with Crippen molar-refractivity contribution in [2.45, 2.75) is 0 Å². The molecule has 0 saturated carbocycles. The van der Waals surface area contributed by atoms with Gasteiger partial charge in [0.25, 0.3) is 0 Å². The van der Waals surface area contributed by atoms with Gasteiger partial charge in [0.2, 0.25) is 0 Å². The maximum absolute atomic E-state index is 6.65. The summed E-state index contributed by atoms with van der Waals surface area (Å²) < 4.78 is 9.00. The van der Waals surface area contributed by atoms with Crippen molar-refractivity contribution in [3.05, 3.63) is 218 Å². The molecule has 298 valence electrons. The average Bonchev–Trinajstić information content (AvgIpc) is 3.92. The normalized spacial score (nSPS) is 11.8. The molecule has 4 aromatic heterocycles. The van der Waals surface area contributed by atoms with Gasteiger partial charge >= 0.3 is 0 Å². The molecule has 0 bridgehead atoms. The van der Waals surface area contributed by atoms with Crippen LogP contribution in [-0.4, -0.2) is 19.5 Å². The summed E-state index contributed by atoms with van der Waals surface area (Å²) in [4.78, 5) is 15.8. The Morgan fingerprint density at radius 3 is 1.66 bits per heavy atom. The van der Waals surface area contributed by atoms with Crippen molar-refractivity contribution in [1.82, 2.24) is 19.5 Å². The standard InChI is InChI=1S/C59H36N4O/c1-3-16-37(17-4-1)49-36-50(41-20-15-21-42(34-41)63-51-27-12-8-22-43(51)44-23-9-13-28-52(44)63)62-59(61-49)40-32-30-38(31-33-40)55-56-45-24-7-11-26-48(45)60-58(39-18-5-2-6-19-39)47(56)35-54-57(55)46-25-10-14-29-53(46)64-54/h1-36H. The second-order valence-electron chi connectivity index (χ2n) is 16.3. The van der Waals surface area contributed by atoms with Gasteiger partial charge in [0, 0.05) is 71.2 Å². The topological polar surface area (TPSA) is 56.7 Å². The summed E-state index contributed by atoms with van der Waals surface area (Å²) in [5.41, 5.74) is 14.9. The first-order chi connectivity index (χ1) is 31.7. The predicted octanol–water partition coefficient (Wildman–Crippen LogP) is 15.5. The summed E-state index contributed by atoms with van der Waals surface area (Å²) in [6.45, 7) is 0. The van der Waals surface area contributed by atoms with E-state index in [9.17, 15) is 0 Å². The average molecular weight is 817 g/mol. The van der Waals surface area contributed by atoms with Crippen LogP contribution in [0.5, 0.6) is 0 Å². The van der Waals surface area contributed by atoms with Crippen LogP contribution in [0.3, 0.4) is 0 Å². The fraction of sp³-hybridized carbons (Fsp3) is 0. The molecule has 0 fully saturated rings. The number of aromatic nitrogens is 4. The van der Waals surface area contributed by atoms with Crippen molar-refractivity contribution in [3.63, 3.8) is 0 Å². The van der Waals surface area contributed by atoms with Crippen LogP contribution in [0.1, 0.15) is 0 Å². The van der Waals surface area contributed by atoms with E-state index < -0.39 is 0 Å². The number of fused-ring (bicyclic) bond motifs is 9.